The average molecular weight is 1570 g/mol. The van der Waals surface area contributed by atoms with Gasteiger partial charge in [-0.1, -0.05) is 48.6 Å². The minimum absolute atomic E-state index is 0.0193. The van der Waals surface area contributed by atoms with Crippen molar-refractivity contribution in [3.8, 4) is 17.2 Å². The smallest absolute Gasteiger partial charge is 0.410 e. The summed E-state index contributed by atoms with van der Waals surface area (Å²) in [5.41, 5.74) is -1.68. The SMILES string of the molecule is CC(C)(C)OC(=O)N1CCN(C(=O)CN2CCOc3ccc(cc3)Cc3ccc(cc3)OCCN(CC(=O)N3CCN(C(=O)OC(C)(C)C)CCN(C(=O)OC(C)(C)C)CCN(C(=O)OC(C)(C)C)CC3)CCOC3C=CC(CC3)Cc3ccc(cc3)OCC2)CCN(C(=O)OC(C)(C)C)CCN(C(=O)OC(C)(C)C)CC1. The molecule has 8 amide bonds. The summed E-state index contributed by atoms with van der Waals surface area (Å²) < 4.78 is 60.8. The minimum Gasteiger partial charge on any atom is -0.492 e. The fourth-order valence-electron chi connectivity index (χ4n) is 12.5. The summed E-state index contributed by atoms with van der Waals surface area (Å²) in [6, 6.07) is 23.9. The van der Waals surface area contributed by atoms with Gasteiger partial charge in [0.05, 0.1) is 25.8 Å². The van der Waals surface area contributed by atoms with Gasteiger partial charge < -0.3 is 86.6 Å². The summed E-state index contributed by atoms with van der Waals surface area (Å²) in [4.78, 5) is 129. The van der Waals surface area contributed by atoms with Gasteiger partial charge >= 0.3 is 36.6 Å². The third-order valence-corrected chi connectivity index (χ3v) is 18.3. The zero-order valence-electron chi connectivity index (χ0n) is 70.3. The molecule has 112 heavy (non-hydrogen) atoms. The molecule has 8 bridgehead atoms. The van der Waals surface area contributed by atoms with E-state index in [9.17, 15) is 38.4 Å². The molecule has 0 saturated carbocycles. The van der Waals surface area contributed by atoms with Gasteiger partial charge in [-0.25, -0.2) is 28.8 Å². The Hall–Kier alpha value is -8.76. The van der Waals surface area contributed by atoms with Crippen molar-refractivity contribution in [3.63, 3.8) is 0 Å². The Morgan fingerprint density at radius 2 is 0.545 bits per heavy atom. The van der Waals surface area contributed by atoms with Crippen LogP contribution >= 0.6 is 0 Å². The number of rotatable bonds is 4. The van der Waals surface area contributed by atoms with Crippen LogP contribution in [0, 0.1) is 5.92 Å². The molecule has 28 nitrogen and oxygen atoms in total. The van der Waals surface area contributed by atoms with Crippen molar-refractivity contribution in [2.75, 3.05) is 170 Å². The molecular weight excluding hydrogens is 1440 g/mol. The first-order chi connectivity index (χ1) is 52.5. The second kappa shape index (κ2) is 41.3. The van der Waals surface area contributed by atoms with Crippen molar-refractivity contribution in [1.82, 2.24) is 49.0 Å². The van der Waals surface area contributed by atoms with Gasteiger partial charge in [0.15, 0.2) is 0 Å². The van der Waals surface area contributed by atoms with Crippen LogP contribution < -0.4 is 14.2 Å². The van der Waals surface area contributed by atoms with E-state index in [-0.39, 0.29) is 161 Å². The van der Waals surface area contributed by atoms with Gasteiger partial charge in [-0.3, -0.25) is 19.4 Å². The van der Waals surface area contributed by atoms with Crippen molar-refractivity contribution in [3.05, 3.63) is 102 Å². The molecule has 2 saturated heterocycles. The van der Waals surface area contributed by atoms with Crippen LogP contribution in [0.1, 0.15) is 154 Å². The summed E-state index contributed by atoms with van der Waals surface area (Å²) in [6.07, 6.45) is 3.76. The summed E-state index contributed by atoms with van der Waals surface area (Å²) in [6.45, 7) is 35.7. The largest absolute Gasteiger partial charge is 0.492 e. The Balaban J connectivity index is 1.08. The fourth-order valence-corrected chi connectivity index (χ4v) is 12.5. The Labute approximate surface area is 665 Å². The van der Waals surface area contributed by atoms with Crippen molar-refractivity contribution in [2.45, 2.75) is 190 Å². The highest BCUT2D eigenvalue weighted by molar-refractivity contribution is 5.79. The average Bonchev–Trinajstić information content (AvgIpc) is 0.853. The first-order valence-electron chi connectivity index (χ1n) is 39.8. The van der Waals surface area contributed by atoms with Crippen molar-refractivity contribution >= 4 is 48.4 Å². The lowest BCUT2D eigenvalue weighted by Crippen LogP contribution is -2.53. The molecule has 0 radical (unpaired) electrons. The highest BCUT2D eigenvalue weighted by atomic mass is 16.6. The summed E-state index contributed by atoms with van der Waals surface area (Å²) in [5, 5.41) is 0. The molecule has 13 rings (SSSR count). The van der Waals surface area contributed by atoms with E-state index in [1.54, 1.807) is 134 Å². The zero-order valence-corrected chi connectivity index (χ0v) is 70.3. The molecule has 9 aliphatic heterocycles. The van der Waals surface area contributed by atoms with E-state index in [1.165, 1.54) is 29.4 Å². The third kappa shape index (κ3) is 33.9. The van der Waals surface area contributed by atoms with Crippen LogP contribution in [0.3, 0.4) is 0 Å². The predicted molar refractivity (Wildman–Crippen MR) is 427 cm³/mol. The normalized spacial score (nSPS) is 19.3. The monoisotopic (exact) mass is 1570 g/mol. The maximum absolute atomic E-state index is 15.0. The lowest BCUT2D eigenvalue weighted by atomic mass is 9.89. The number of amides is 8. The van der Waals surface area contributed by atoms with E-state index in [2.05, 4.69) is 24.3 Å². The number of hydrogen-bond donors (Lipinski definition) is 0. The molecule has 3 aromatic carbocycles. The minimum atomic E-state index is -0.828. The number of nitrogens with zero attached hydrogens (tertiary/aromatic N) is 10. The van der Waals surface area contributed by atoms with Crippen LogP contribution in [-0.4, -0.2) is 307 Å². The predicted octanol–water partition coefficient (Wildman–Crippen LogP) is 11.7. The molecule has 2 unspecified atom stereocenters. The quantitative estimate of drug-likeness (QED) is 0.174. The first kappa shape index (κ1) is 90.4. The van der Waals surface area contributed by atoms with Gasteiger partial charge in [-0.05, 0) is 209 Å². The van der Waals surface area contributed by atoms with Crippen LogP contribution in [-0.2, 0) is 55.6 Å². The molecule has 0 spiro atoms. The van der Waals surface area contributed by atoms with E-state index in [1.807, 2.05) is 70.5 Å². The van der Waals surface area contributed by atoms with Crippen molar-refractivity contribution in [1.29, 1.82) is 0 Å². The zero-order chi connectivity index (χ0) is 82.2. The molecule has 624 valence electrons. The first-order valence-corrected chi connectivity index (χ1v) is 39.8. The lowest BCUT2D eigenvalue weighted by Gasteiger charge is -2.36. The lowest BCUT2D eigenvalue weighted by molar-refractivity contribution is -0.134. The van der Waals surface area contributed by atoms with E-state index in [0.29, 0.717) is 56.5 Å². The van der Waals surface area contributed by atoms with Crippen LogP contribution in [0.15, 0.2) is 84.9 Å². The van der Waals surface area contributed by atoms with Gasteiger partial charge in [-0.2, -0.15) is 0 Å². The summed E-state index contributed by atoms with van der Waals surface area (Å²) >= 11 is 0. The van der Waals surface area contributed by atoms with E-state index in [0.717, 1.165) is 36.0 Å². The van der Waals surface area contributed by atoms with E-state index >= 15 is 0 Å². The van der Waals surface area contributed by atoms with Crippen LogP contribution in [0.4, 0.5) is 28.8 Å². The Morgan fingerprint density at radius 3 is 0.786 bits per heavy atom. The standard InChI is InChI=1S/C84H130N10O18/c1-79(2,3)107-73(97)89-39-35-87(36-40-90(74(98)108-80(4,5)6)44-48-93(47-43-89)77(101)111-83(13,14)15)71(95)61-85-51-55-103-67-27-19-63(20-28-67)59-65-23-31-69(32-24-65)105-57-53-86(54-58-106-70-33-25-66(26-34-70)60-64-21-29-68(30-22-64)104-56-52-85)62-72(96)88-37-41-91(75(99)109-81(7,8)9)45-49-94(78(102)112-84(16,17)18)50-46-92(42-38-88)76(100)110-82(10,11)12/h19-25,27-33,66,70H,26,34-62H2,1-18H3. The van der Waals surface area contributed by atoms with E-state index in [4.69, 9.17) is 47.4 Å². The van der Waals surface area contributed by atoms with Crippen molar-refractivity contribution in [2.24, 2.45) is 5.92 Å². The van der Waals surface area contributed by atoms with Gasteiger partial charge in [0, 0.05) is 131 Å². The van der Waals surface area contributed by atoms with Crippen LogP contribution in [0.25, 0.3) is 0 Å². The molecule has 0 aromatic heterocycles. The van der Waals surface area contributed by atoms with Crippen LogP contribution in [0.5, 0.6) is 17.2 Å². The van der Waals surface area contributed by atoms with Gasteiger partial charge in [0.25, 0.3) is 0 Å². The molecule has 3 aromatic rings. The van der Waals surface area contributed by atoms with Gasteiger partial charge in [0.1, 0.15) is 70.7 Å². The second-order valence-corrected chi connectivity index (χ2v) is 35.1. The van der Waals surface area contributed by atoms with E-state index < -0.39 is 70.2 Å². The Morgan fingerprint density at radius 1 is 0.304 bits per heavy atom. The molecule has 2 fully saturated rings. The maximum atomic E-state index is 15.0. The topological polar surface area (TPSA) is 261 Å². The van der Waals surface area contributed by atoms with Gasteiger partial charge in [-0.15, -0.1) is 0 Å². The number of allylic oxidation sites excluding steroid dienone is 1. The molecule has 10 aliphatic rings. The number of hydrogen-bond acceptors (Lipinski definition) is 20. The van der Waals surface area contributed by atoms with Gasteiger partial charge in [0.2, 0.25) is 11.8 Å². The highest BCUT2D eigenvalue weighted by Crippen LogP contribution is 2.27. The Kier molecular flexibility index (Phi) is 33.4. The molecule has 2 atom stereocenters. The van der Waals surface area contributed by atoms with Crippen molar-refractivity contribution < 1.29 is 85.7 Å². The number of carbonyl (C=O) groups excluding carboxylic acids is 8. The maximum Gasteiger partial charge on any atom is 0.410 e. The fraction of sp³-hybridized carbons (Fsp3) is 0.667. The molecule has 28 heteroatoms. The number of carbonyl (C=O) groups is 8. The number of ether oxygens (including phenoxy) is 10. The highest BCUT2D eigenvalue weighted by Gasteiger charge is 2.35. The third-order valence-electron chi connectivity index (χ3n) is 18.3. The summed E-state index contributed by atoms with van der Waals surface area (Å²) in [5.74, 6) is 1.76. The Bertz CT molecular complexity index is 3450. The molecule has 9 heterocycles. The molecular formula is C84H130N10O18. The summed E-state index contributed by atoms with van der Waals surface area (Å²) in [7, 11) is 0. The molecule has 1 aliphatic carbocycles. The second-order valence-electron chi connectivity index (χ2n) is 35.1. The number of benzene rings is 3. The molecule has 0 N–H and O–H groups in total. The van der Waals surface area contributed by atoms with Crippen LogP contribution in [0.2, 0.25) is 0 Å².